The van der Waals surface area contributed by atoms with Crippen LogP contribution in [0.3, 0.4) is 0 Å². The SMILES string of the molecule is C=CCN1C(=O)SC(=C2C=C(C)OC(C=C3Oc4cc(N(CC)CC)ccc4C4=C3CCCC4)=C2)C1=O. The third-order valence-electron chi connectivity index (χ3n) is 7.04. The van der Waals surface area contributed by atoms with Crippen molar-refractivity contribution in [1.82, 2.24) is 4.90 Å². The summed E-state index contributed by atoms with van der Waals surface area (Å²) in [7, 11) is 0. The van der Waals surface area contributed by atoms with Crippen LogP contribution in [0.25, 0.3) is 5.57 Å². The number of carbonyl (C=O) groups excluding carboxylic acids is 2. The Hall–Kier alpha value is -3.45. The fourth-order valence-electron chi connectivity index (χ4n) is 5.25. The molecule has 3 heterocycles. The second-order valence-electron chi connectivity index (χ2n) is 9.39. The van der Waals surface area contributed by atoms with Crippen molar-refractivity contribution in [2.24, 2.45) is 0 Å². The van der Waals surface area contributed by atoms with Crippen molar-refractivity contribution < 1.29 is 19.1 Å². The summed E-state index contributed by atoms with van der Waals surface area (Å²) in [6, 6.07) is 6.52. The number of benzene rings is 1. The van der Waals surface area contributed by atoms with Gasteiger partial charge >= 0.3 is 0 Å². The topological polar surface area (TPSA) is 59.1 Å². The fourth-order valence-corrected chi connectivity index (χ4v) is 6.13. The van der Waals surface area contributed by atoms with Crippen molar-refractivity contribution in [3.05, 3.63) is 88.0 Å². The smallest absolute Gasteiger partial charge is 0.293 e. The number of thioether (sulfide) groups is 1. The molecule has 0 bridgehead atoms. The number of ether oxygens (including phenoxy) is 2. The van der Waals surface area contributed by atoms with E-state index in [0.717, 1.165) is 67.7 Å². The molecule has 0 unspecified atom stereocenters. The number of hydrogen-bond donors (Lipinski definition) is 0. The van der Waals surface area contributed by atoms with Crippen LogP contribution in [0.4, 0.5) is 10.5 Å². The van der Waals surface area contributed by atoms with Crippen LogP contribution in [-0.2, 0) is 9.53 Å². The zero-order valence-electron chi connectivity index (χ0n) is 21.6. The van der Waals surface area contributed by atoms with Crippen molar-refractivity contribution in [3.8, 4) is 5.75 Å². The Morgan fingerprint density at radius 1 is 1.08 bits per heavy atom. The normalized spacial score (nSPS) is 22.2. The number of carbonyl (C=O) groups is 2. The van der Waals surface area contributed by atoms with E-state index in [1.165, 1.54) is 21.6 Å². The lowest BCUT2D eigenvalue weighted by molar-refractivity contribution is -0.122. The van der Waals surface area contributed by atoms with Crippen LogP contribution in [0, 0.1) is 0 Å². The van der Waals surface area contributed by atoms with Gasteiger partial charge in [-0.1, -0.05) is 6.08 Å². The van der Waals surface area contributed by atoms with Gasteiger partial charge in [0.2, 0.25) is 0 Å². The maximum absolute atomic E-state index is 12.9. The molecule has 4 aliphatic rings. The average Bonchev–Trinajstić information content (AvgIpc) is 3.18. The molecule has 1 aromatic rings. The quantitative estimate of drug-likeness (QED) is 0.297. The van der Waals surface area contributed by atoms with Gasteiger partial charge in [-0.15, -0.1) is 6.58 Å². The zero-order chi connectivity index (χ0) is 26.1. The van der Waals surface area contributed by atoms with E-state index in [4.69, 9.17) is 9.47 Å². The van der Waals surface area contributed by atoms with Crippen molar-refractivity contribution in [2.75, 3.05) is 24.5 Å². The first-order valence-corrected chi connectivity index (χ1v) is 13.7. The molecule has 0 N–H and O–H groups in total. The van der Waals surface area contributed by atoms with E-state index < -0.39 is 0 Å². The molecule has 5 rings (SSSR count). The highest BCUT2D eigenvalue weighted by Gasteiger charge is 2.36. The van der Waals surface area contributed by atoms with Crippen molar-refractivity contribution >= 4 is 34.2 Å². The molecular formula is C30H32N2O4S. The van der Waals surface area contributed by atoms with Crippen LogP contribution in [0.5, 0.6) is 5.75 Å². The third kappa shape index (κ3) is 4.80. The van der Waals surface area contributed by atoms with Crippen LogP contribution in [-0.4, -0.2) is 35.7 Å². The maximum Gasteiger partial charge on any atom is 0.293 e. The number of hydrogen-bond acceptors (Lipinski definition) is 6. The Labute approximate surface area is 222 Å². The highest BCUT2D eigenvalue weighted by molar-refractivity contribution is 8.18. The standard InChI is InChI=1S/C30H32N2O4S/c1-5-14-32-29(33)28(37-30(32)34)20-15-19(4)35-22(16-20)18-27-24-11-9-8-10-23(24)25-13-12-21(17-26(25)36-27)31(6-2)7-3/h5,12-13,15-18H,1,6-11,14H2,2-4H3. The van der Waals surface area contributed by atoms with E-state index in [-0.39, 0.29) is 17.7 Å². The second kappa shape index (κ2) is 10.5. The minimum atomic E-state index is -0.303. The molecule has 2 amide bonds. The number of fused-ring (bicyclic) bond motifs is 2. The van der Waals surface area contributed by atoms with Gasteiger partial charge in [0.05, 0.1) is 4.91 Å². The molecular weight excluding hydrogens is 484 g/mol. The number of rotatable bonds is 6. The zero-order valence-corrected chi connectivity index (χ0v) is 22.5. The Morgan fingerprint density at radius 3 is 2.57 bits per heavy atom. The van der Waals surface area contributed by atoms with Crippen LogP contribution in [0.15, 0.2) is 82.4 Å². The molecule has 1 aromatic carbocycles. The predicted molar refractivity (Wildman–Crippen MR) is 149 cm³/mol. The Balaban J connectivity index is 1.54. The van der Waals surface area contributed by atoms with Gasteiger partial charge in [-0.3, -0.25) is 14.5 Å². The summed E-state index contributed by atoms with van der Waals surface area (Å²) < 4.78 is 12.6. The lowest BCUT2D eigenvalue weighted by Crippen LogP contribution is -2.28. The third-order valence-corrected chi connectivity index (χ3v) is 8.05. The van der Waals surface area contributed by atoms with Gasteiger partial charge in [-0.25, -0.2) is 0 Å². The van der Waals surface area contributed by atoms with Crippen LogP contribution >= 0.6 is 11.8 Å². The van der Waals surface area contributed by atoms with Gasteiger partial charge in [0, 0.05) is 48.6 Å². The van der Waals surface area contributed by atoms with E-state index >= 15 is 0 Å². The number of allylic oxidation sites excluding steroid dienone is 7. The minimum Gasteiger partial charge on any atom is -0.462 e. The van der Waals surface area contributed by atoms with E-state index in [9.17, 15) is 9.59 Å². The van der Waals surface area contributed by atoms with Gasteiger partial charge in [-0.05, 0) is 93.6 Å². The molecule has 7 heteroatoms. The summed E-state index contributed by atoms with van der Waals surface area (Å²) in [6.45, 7) is 11.9. The van der Waals surface area contributed by atoms with Gasteiger partial charge in [0.25, 0.3) is 11.1 Å². The first-order valence-electron chi connectivity index (χ1n) is 12.9. The number of amides is 2. The van der Waals surface area contributed by atoms with E-state index in [2.05, 4.69) is 43.5 Å². The van der Waals surface area contributed by atoms with Gasteiger partial charge in [0.1, 0.15) is 23.0 Å². The van der Waals surface area contributed by atoms with Crippen LogP contribution in [0.2, 0.25) is 0 Å². The lowest BCUT2D eigenvalue weighted by atomic mass is 9.84. The first-order chi connectivity index (χ1) is 17.9. The van der Waals surface area contributed by atoms with Crippen molar-refractivity contribution in [1.29, 1.82) is 0 Å². The molecule has 1 fully saturated rings. The van der Waals surface area contributed by atoms with Gasteiger partial charge in [0.15, 0.2) is 0 Å². The molecule has 37 heavy (non-hydrogen) atoms. The molecule has 0 atom stereocenters. The largest absolute Gasteiger partial charge is 0.462 e. The number of anilines is 1. The van der Waals surface area contributed by atoms with Crippen LogP contribution < -0.4 is 9.64 Å². The maximum atomic E-state index is 12.9. The van der Waals surface area contributed by atoms with Crippen LogP contribution in [0.1, 0.15) is 52.0 Å². The molecule has 192 valence electrons. The van der Waals surface area contributed by atoms with E-state index in [1.807, 2.05) is 19.1 Å². The monoisotopic (exact) mass is 516 g/mol. The molecule has 1 saturated heterocycles. The Bertz CT molecular complexity index is 1330. The summed E-state index contributed by atoms with van der Waals surface area (Å²) in [5.74, 6) is 2.59. The first kappa shape index (κ1) is 25.2. The predicted octanol–water partition coefficient (Wildman–Crippen LogP) is 7.09. The summed E-state index contributed by atoms with van der Waals surface area (Å²) in [5, 5.41) is -0.286. The van der Waals surface area contributed by atoms with Crippen molar-refractivity contribution in [2.45, 2.75) is 46.5 Å². The van der Waals surface area contributed by atoms with E-state index in [1.54, 1.807) is 12.2 Å². The van der Waals surface area contributed by atoms with Gasteiger partial charge < -0.3 is 14.4 Å². The highest BCUT2D eigenvalue weighted by atomic mass is 32.2. The Kier molecular flexibility index (Phi) is 7.15. The van der Waals surface area contributed by atoms with Gasteiger partial charge in [-0.2, -0.15) is 0 Å². The molecule has 0 aromatic heterocycles. The van der Waals surface area contributed by atoms with Crippen molar-refractivity contribution in [3.63, 3.8) is 0 Å². The lowest BCUT2D eigenvalue weighted by Gasteiger charge is -2.31. The molecule has 0 radical (unpaired) electrons. The molecule has 6 nitrogen and oxygen atoms in total. The highest BCUT2D eigenvalue weighted by Crippen LogP contribution is 2.46. The summed E-state index contributed by atoms with van der Waals surface area (Å²) in [6.07, 6.45) is 11.4. The molecule has 0 spiro atoms. The fraction of sp³-hybridized carbons (Fsp3) is 0.333. The summed E-state index contributed by atoms with van der Waals surface area (Å²) in [5.41, 5.74) is 5.56. The number of nitrogens with zero attached hydrogens (tertiary/aromatic N) is 2. The molecule has 3 aliphatic heterocycles. The molecule has 1 aliphatic carbocycles. The minimum absolute atomic E-state index is 0.195. The summed E-state index contributed by atoms with van der Waals surface area (Å²) in [4.78, 5) is 29.2. The second-order valence-corrected chi connectivity index (χ2v) is 10.3. The average molecular weight is 517 g/mol. The Morgan fingerprint density at radius 2 is 1.84 bits per heavy atom. The van der Waals surface area contributed by atoms with E-state index in [0.29, 0.717) is 22.0 Å². The number of imide groups is 1. The molecule has 0 saturated carbocycles. The summed E-state index contributed by atoms with van der Waals surface area (Å²) >= 11 is 0.954.